The summed E-state index contributed by atoms with van der Waals surface area (Å²) in [6.07, 6.45) is 0.539. The number of aromatic nitrogens is 2. The van der Waals surface area contributed by atoms with Crippen molar-refractivity contribution < 1.29 is 0 Å². The van der Waals surface area contributed by atoms with Crippen molar-refractivity contribution in [2.75, 3.05) is 5.73 Å². The lowest BCUT2D eigenvalue weighted by atomic mass is 10.1. The smallest absolute Gasteiger partial charge is 0.140 e. The summed E-state index contributed by atoms with van der Waals surface area (Å²) in [7, 11) is 0. The number of anilines is 1. The molecule has 120 valence electrons. The van der Waals surface area contributed by atoms with Crippen LogP contribution in [-0.2, 0) is 13.0 Å². The van der Waals surface area contributed by atoms with Gasteiger partial charge in [-0.2, -0.15) is 10.4 Å². The van der Waals surface area contributed by atoms with Gasteiger partial charge in [-0.3, -0.25) is 0 Å². The molecule has 4 nitrogen and oxygen atoms in total. The molecule has 3 aromatic rings. The Bertz CT molecular complexity index is 893. The summed E-state index contributed by atoms with van der Waals surface area (Å²) in [6.45, 7) is 0.522. The van der Waals surface area contributed by atoms with Crippen LogP contribution >= 0.6 is 27.5 Å². The fourth-order valence-electron chi connectivity index (χ4n) is 2.45. The van der Waals surface area contributed by atoms with E-state index in [9.17, 15) is 5.26 Å². The molecule has 3 rings (SSSR count). The Morgan fingerprint density at radius 3 is 2.33 bits per heavy atom. The number of halogens is 2. The fourth-order valence-corrected chi connectivity index (χ4v) is 2.84. The van der Waals surface area contributed by atoms with Crippen LogP contribution in [0, 0.1) is 11.3 Å². The molecule has 0 aliphatic rings. The van der Waals surface area contributed by atoms with Crippen LogP contribution in [0.15, 0.2) is 53.0 Å². The monoisotopic (exact) mass is 400 g/mol. The van der Waals surface area contributed by atoms with E-state index < -0.39 is 0 Å². The molecular weight excluding hydrogens is 388 g/mol. The van der Waals surface area contributed by atoms with Gasteiger partial charge in [-0.05, 0) is 35.4 Å². The van der Waals surface area contributed by atoms with Gasteiger partial charge in [0.25, 0.3) is 0 Å². The third kappa shape index (κ3) is 3.61. The Kier molecular flexibility index (Phi) is 4.89. The van der Waals surface area contributed by atoms with Gasteiger partial charge in [0, 0.05) is 15.9 Å². The van der Waals surface area contributed by atoms with Gasteiger partial charge >= 0.3 is 0 Å². The minimum absolute atomic E-state index is 0.393. The summed E-state index contributed by atoms with van der Waals surface area (Å²) in [6, 6.07) is 17.6. The number of rotatable bonds is 4. The number of hydrogen-bond donors (Lipinski definition) is 1. The number of hydrogen-bond acceptors (Lipinski definition) is 3. The molecule has 0 aliphatic heterocycles. The highest BCUT2D eigenvalue weighted by Gasteiger charge is 2.16. The molecule has 0 saturated heterocycles. The van der Waals surface area contributed by atoms with Crippen LogP contribution in [0.3, 0.4) is 0 Å². The Morgan fingerprint density at radius 1 is 1.08 bits per heavy atom. The molecule has 0 spiro atoms. The standard InChI is InChI=1S/C18H14BrClN4/c19-14-5-1-13(2-6-14)11-24-18(22)16(10-21)17(23-24)9-12-3-7-15(20)8-4-12/h1-8H,9,11,22H2. The molecule has 0 aliphatic carbocycles. The Hall–Kier alpha value is -2.29. The van der Waals surface area contributed by atoms with Gasteiger partial charge in [-0.15, -0.1) is 0 Å². The zero-order valence-electron chi connectivity index (χ0n) is 12.7. The molecule has 0 radical (unpaired) electrons. The molecule has 6 heteroatoms. The SMILES string of the molecule is N#Cc1c(Cc2ccc(Cl)cc2)nn(Cc2ccc(Br)cc2)c1N. The van der Waals surface area contributed by atoms with Crippen LogP contribution in [0.25, 0.3) is 0 Å². The van der Waals surface area contributed by atoms with Crippen LogP contribution in [-0.4, -0.2) is 9.78 Å². The van der Waals surface area contributed by atoms with Crippen molar-refractivity contribution in [3.63, 3.8) is 0 Å². The van der Waals surface area contributed by atoms with Crippen LogP contribution in [0.1, 0.15) is 22.4 Å². The molecule has 2 N–H and O–H groups in total. The lowest BCUT2D eigenvalue weighted by molar-refractivity contribution is 0.684. The molecule has 1 aromatic heterocycles. The van der Waals surface area contributed by atoms with Crippen molar-refractivity contribution >= 4 is 33.3 Å². The first-order valence-electron chi connectivity index (χ1n) is 7.31. The molecule has 2 aromatic carbocycles. The summed E-state index contributed by atoms with van der Waals surface area (Å²) in [4.78, 5) is 0. The minimum atomic E-state index is 0.393. The summed E-state index contributed by atoms with van der Waals surface area (Å²) in [5.74, 6) is 0.393. The fraction of sp³-hybridized carbons (Fsp3) is 0.111. The third-order valence-electron chi connectivity index (χ3n) is 3.71. The van der Waals surface area contributed by atoms with Crippen LogP contribution in [0.5, 0.6) is 0 Å². The molecule has 0 unspecified atom stereocenters. The Labute approximate surface area is 153 Å². The van der Waals surface area contributed by atoms with E-state index in [2.05, 4.69) is 27.1 Å². The largest absolute Gasteiger partial charge is 0.383 e. The maximum absolute atomic E-state index is 9.43. The highest BCUT2D eigenvalue weighted by atomic mass is 79.9. The van der Waals surface area contributed by atoms with Crippen molar-refractivity contribution in [2.24, 2.45) is 0 Å². The number of nitriles is 1. The molecule has 1 heterocycles. The van der Waals surface area contributed by atoms with Crippen molar-refractivity contribution in [2.45, 2.75) is 13.0 Å². The molecule has 0 amide bonds. The van der Waals surface area contributed by atoms with E-state index in [0.29, 0.717) is 35.1 Å². The predicted molar refractivity (Wildman–Crippen MR) is 98.9 cm³/mol. The van der Waals surface area contributed by atoms with Gasteiger partial charge in [0.15, 0.2) is 0 Å². The minimum Gasteiger partial charge on any atom is -0.383 e. The topological polar surface area (TPSA) is 67.6 Å². The van der Waals surface area contributed by atoms with Crippen molar-refractivity contribution in [1.29, 1.82) is 5.26 Å². The summed E-state index contributed by atoms with van der Waals surface area (Å²) >= 11 is 9.32. The Balaban J connectivity index is 1.89. The maximum Gasteiger partial charge on any atom is 0.140 e. The van der Waals surface area contributed by atoms with E-state index in [0.717, 1.165) is 15.6 Å². The van der Waals surface area contributed by atoms with Gasteiger partial charge in [-0.25, -0.2) is 4.68 Å². The number of nitrogen functional groups attached to an aromatic ring is 1. The first-order valence-corrected chi connectivity index (χ1v) is 8.48. The van der Waals surface area contributed by atoms with Crippen molar-refractivity contribution in [3.8, 4) is 6.07 Å². The highest BCUT2D eigenvalue weighted by molar-refractivity contribution is 9.10. The number of benzene rings is 2. The van der Waals surface area contributed by atoms with E-state index in [4.69, 9.17) is 17.3 Å². The first kappa shape index (κ1) is 16.6. The summed E-state index contributed by atoms with van der Waals surface area (Å²) < 4.78 is 2.69. The van der Waals surface area contributed by atoms with Crippen molar-refractivity contribution in [1.82, 2.24) is 9.78 Å². The predicted octanol–water partition coefficient (Wildman–Crippen LogP) is 4.39. The number of nitrogens with zero attached hydrogens (tertiary/aromatic N) is 3. The van der Waals surface area contributed by atoms with Gasteiger partial charge in [0.05, 0.1) is 12.2 Å². The van der Waals surface area contributed by atoms with E-state index in [-0.39, 0.29) is 0 Å². The lowest BCUT2D eigenvalue weighted by Crippen LogP contribution is -2.06. The summed E-state index contributed by atoms with van der Waals surface area (Å²) in [5, 5.41) is 14.6. The van der Waals surface area contributed by atoms with Gasteiger partial charge in [-0.1, -0.05) is 51.8 Å². The van der Waals surface area contributed by atoms with Crippen LogP contribution in [0.2, 0.25) is 5.02 Å². The van der Waals surface area contributed by atoms with E-state index in [1.54, 1.807) is 4.68 Å². The average molecular weight is 402 g/mol. The second-order valence-corrected chi connectivity index (χ2v) is 6.76. The molecular formula is C18H14BrClN4. The average Bonchev–Trinajstić information content (AvgIpc) is 2.86. The van der Waals surface area contributed by atoms with E-state index in [1.165, 1.54) is 0 Å². The Morgan fingerprint density at radius 2 is 1.71 bits per heavy atom. The quantitative estimate of drug-likeness (QED) is 0.705. The van der Waals surface area contributed by atoms with Crippen LogP contribution < -0.4 is 5.73 Å². The molecule has 24 heavy (non-hydrogen) atoms. The second kappa shape index (κ2) is 7.08. The highest BCUT2D eigenvalue weighted by Crippen LogP contribution is 2.21. The zero-order chi connectivity index (χ0) is 17.1. The molecule has 0 bridgehead atoms. The lowest BCUT2D eigenvalue weighted by Gasteiger charge is -2.04. The van der Waals surface area contributed by atoms with Crippen molar-refractivity contribution in [3.05, 3.63) is 80.4 Å². The van der Waals surface area contributed by atoms with E-state index >= 15 is 0 Å². The van der Waals surface area contributed by atoms with Gasteiger partial charge in [0.1, 0.15) is 17.5 Å². The normalized spacial score (nSPS) is 10.5. The third-order valence-corrected chi connectivity index (χ3v) is 4.49. The van der Waals surface area contributed by atoms with Gasteiger partial charge in [0.2, 0.25) is 0 Å². The second-order valence-electron chi connectivity index (χ2n) is 5.41. The summed E-state index contributed by atoms with van der Waals surface area (Å²) in [5.41, 5.74) is 9.32. The molecule has 0 saturated carbocycles. The molecule has 0 fully saturated rings. The zero-order valence-corrected chi connectivity index (χ0v) is 15.0. The molecule has 0 atom stereocenters. The first-order chi connectivity index (χ1) is 11.6. The number of nitrogens with two attached hydrogens (primary N) is 1. The van der Waals surface area contributed by atoms with Crippen LogP contribution in [0.4, 0.5) is 5.82 Å². The van der Waals surface area contributed by atoms with E-state index in [1.807, 2.05) is 48.5 Å². The maximum atomic E-state index is 9.43. The van der Waals surface area contributed by atoms with Gasteiger partial charge < -0.3 is 5.73 Å².